The normalized spacial score (nSPS) is 12.0. The SMILES string of the molecule is Cc1nn(C)c(C)c1NC(=O)C(C)OC(=O)Cc1nc(-c2cccs2)oc1C. The van der Waals surface area contributed by atoms with Crippen LogP contribution in [0.2, 0.25) is 0 Å². The molecule has 0 bridgehead atoms. The minimum Gasteiger partial charge on any atom is -0.452 e. The van der Waals surface area contributed by atoms with Gasteiger partial charge >= 0.3 is 5.97 Å². The van der Waals surface area contributed by atoms with Crippen LogP contribution in [-0.4, -0.2) is 32.7 Å². The van der Waals surface area contributed by atoms with Gasteiger partial charge in [0.2, 0.25) is 5.89 Å². The van der Waals surface area contributed by atoms with E-state index < -0.39 is 18.0 Å². The molecule has 148 valence electrons. The average molecular weight is 402 g/mol. The number of thiophene rings is 1. The highest BCUT2D eigenvalue weighted by Crippen LogP contribution is 2.26. The fraction of sp³-hybridized carbons (Fsp3) is 0.368. The van der Waals surface area contributed by atoms with Crippen LogP contribution in [-0.2, 0) is 27.8 Å². The van der Waals surface area contributed by atoms with Crippen molar-refractivity contribution in [3.8, 4) is 10.8 Å². The second-order valence-corrected chi connectivity index (χ2v) is 7.41. The van der Waals surface area contributed by atoms with Gasteiger partial charge in [-0.15, -0.1) is 11.3 Å². The number of anilines is 1. The van der Waals surface area contributed by atoms with Crippen molar-refractivity contribution in [1.29, 1.82) is 0 Å². The van der Waals surface area contributed by atoms with Crippen LogP contribution < -0.4 is 5.32 Å². The maximum atomic E-state index is 12.4. The standard InChI is InChI=1S/C19H22N4O4S/c1-10-17(11(2)23(5)22-10)21-18(25)13(4)26-16(24)9-14-12(3)27-19(20-14)15-7-6-8-28-15/h6-8,13H,9H2,1-5H3,(H,21,25). The fourth-order valence-corrected chi connectivity index (χ4v) is 3.36. The number of aromatic nitrogens is 3. The molecule has 0 aliphatic heterocycles. The lowest BCUT2D eigenvalue weighted by Gasteiger charge is -2.13. The lowest BCUT2D eigenvalue weighted by Crippen LogP contribution is -2.31. The lowest BCUT2D eigenvalue weighted by atomic mass is 10.2. The van der Waals surface area contributed by atoms with Crippen LogP contribution in [0.3, 0.4) is 0 Å². The van der Waals surface area contributed by atoms with Crippen molar-refractivity contribution in [3.05, 3.63) is 40.4 Å². The number of carbonyl (C=O) groups is 2. The molecule has 28 heavy (non-hydrogen) atoms. The molecule has 8 nitrogen and oxygen atoms in total. The van der Waals surface area contributed by atoms with Gasteiger partial charge in [0, 0.05) is 7.05 Å². The fourth-order valence-electron chi connectivity index (χ4n) is 2.71. The summed E-state index contributed by atoms with van der Waals surface area (Å²) >= 11 is 1.50. The van der Waals surface area contributed by atoms with Crippen LogP contribution in [0.15, 0.2) is 21.9 Å². The molecule has 3 aromatic rings. The van der Waals surface area contributed by atoms with Crippen LogP contribution in [0, 0.1) is 20.8 Å². The van der Waals surface area contributed by atoms with Gasteiger partial charge in [0.15, 0.2) is 6.10 Å². The van der Waals surface area contributed by atoms with E-state index in [0.29, 0.717) is 28.7 Å². The van der Waals surface area contributed by atoms with Crippen molar-refractivity contribution in [2.75, 3.05) is 5.32 Å². The molecule has 3 heterocycles. The van der Waals surface area contributed by atoms with Crippen molar-refractivity contribution in [2.45, 2.75) is 40.2 Å². The smallest absolute Gasteiger partial charge is 0.312 e. The first-order valence-electron chi connectivity index (χ1n) is 8.77. The third kappa shape index (κ3) is 4.14. The highest BCUT2D eigenvalue weighted by molar-refractivity contribution is 7.13. The van der Waals surface area contributed by atoms with E-state index in [1.807, 2.05) is 24.4 Å². The monoisotopic (exact) mass is 402 g/mol. The predicted molar refractivity (Wildman–Crippen MR) is 105 cm³/mol. The number of oxazole rings is 1. The van der Waals surface area contributed by atoms with Gasteiger partial charge in [0.1, 0.15) is 5.76 Å². The zero-order valence-electron chi connectivity index (χ0n) is 16.4. The summed E-state index contributed by atoms with van der Waals surface area (Å²) in [6.07, 6.45) is -1.01. The summed E-state index contributed by atoms with van der Waals surface area (Å²) < 4.78 is 12.6. The van der Waals surface area contributed by atoms with Gasteiger partial charge in [-0.1, -0.05) is 6.07 Å². The second kappa shape index (κ2) is 7.97. The summed E-state index contributed by atoms with van der Waals surface area (Å²) in [6, 6.07) is 3.80. The number of esters is 1. The first-order chi connectivity index (χ1) is 13.3. The zero-order valence-corrected chi connectivity index (χ0v) is 17.2. The molecule has 0 aliphatic carbocycles. The third-order valence-corrected chi connectivity index (χ3v) is 5.23. The lowest BCUT2D eigenvalue weighted by molar-refractivity contribution is -0.152. The van der Waals surface area contributed by atoms with Gasteiger partial charge in [0.25, 0.3) is 5.91 Å². The van der Waals surface area contributed by atoms with Crippen LogP contribution >= 0.6 is 11.3 Å². The second-order valence-electron chi connectivity index (χ2n) is 6.47. The maximum absolute atomic E-state index is 12.4. The Hall–Kier alpha value is -2.94. The average Bonchev–Trinajstić information content (AvgIpc) is 3.33. The number of hydrogen-bond acceptors (Lipinski definition) is 7. The molecule has 3 rings (SSSR count). The maximum Gasteiger partial charge on any atom is 0.312 e. The Balaban J connectivity index is 1.60. The predicted octanol–water partition coefficient (Wildman–Crippen LogP) is 3.17. The first kappa shape index (κ1) is 19.8. The summed E-state index contributed by atoms with van der Waals surface area (Å²) in [4.78, 5) is 29.9. The third-order valence-electron chi connectivity index (χ3n) is 4.37. The molecule has 0 radical (unpaired) electrons. The Morgan fingerprint density at radius 1 is 1.36 bits per heavy atom. The topological polar surface area (TPSA) is 99.2 Å². The molecule has 1 N–H and O–H groups in total. The van der Waals surface area contributed by atoms with E-state index in [2.05, 4.69) is 15.4 Å². The van der Waals surface area contributed by atoms with E-state index in [1.165, 1.54) is 18.3 Å². The molecule has 0 saturated heterocycles. The minimum absolute atomic E-state index is 0.0662. The quantitative estimate of drug-likeness (QED) is 0.636. The van der Waals surface area contributed by atoms with Crippen LogP contribution in [0.25, 0.3) is 10.8 Å². The summed E-state index contributed by atoms with van der Waals surface area (Å²) in [5.41, 5.74) is 2.65. The van der Waals surface area contributed by atoms with E-state index in [1.54, 1.807) is 25.6 Å². The Labute approximate surface area is 166 Å². The molecule has 0 fully saturated rings. The molecular formula is C19H22N4O4S. The molecule has 3 aromatic heterocycles. The Kier molecular flexibility index (Phi) is 5.64. The van der Waals surface area contributed by atoms with Crippen molar-refractivity contribution >= 4 is 28.9 Å². The van der Waals surface area contributed by atoms with Crippen molar-refractivity contribution in [3.63, 3.8) is 0 Å². The molecule has 0 spiro atoms. The molecule has 0 saturated carbocycles. The zero-order chi connectivity index (χ0) is 20.4. The number of ether oxygens (including phenoxy) is 1. The number of nitrogens with zero attached hydrogens (tertiary/aromatic N) is 3. The molecule has 1 atom stereocenters. The number of nitrogens with one attached hydrogen (secondary N) is 1. The first-order valence-corrected chi connectivity index (χ1v) is 9.65. The number of amides is 1. The number of hydrogen-bond donors (Lipinski definition) is 1. The minimum atomic E-state index is -0.949. The molecule has 9 heteroatoms. The Bertz CT molecular complexity index is 1000. The molecule has 0 aliphatic rings. The number of aryl methyl sites for hydroxylation is 3. The summed E-state index contributed by atoms with van der Waals surface area (Å²) in [5, 5.41) is 8.94. The summed E-state index contributed by atoms with van der Waals surface area (Å²) in [7, 11) is 1.80. The Morgan fingerprint density at radius 3 is 2.71 bits per heavy atom. The molecule has 0 aromatic carbocycles. The van der Waals surface area contributed by atoms with Crippen LogP contribution in [0.1, 0.15) is 29.8 Å². The highest BCUT2D eigenvalue weighted by Gasteiger charge is 2.23. The van der Waals surface area contributed by atoms with Crippen molar-refractivity contribution in [2.24, 2.45) is 7.05 Å². The van der Waals surface area contributed by atoms with E-state index in [9.17, 15) is 9.59 Å². The summed E-state index contributed by atoms with van der Waals surface area (Å²) in [6.45, 7) is 6.93. The molecule has 1 unspecified atom stereocenters. The van der Waals surface area contributed by atoms with E-state index in [0.717, 1.165) is 10.6 Å². The van der Waals surface area contributed by atoms with Gasteiger partial charge < -0.3 is 14.5 Å². The largest absolute Gasteiger partial charge is 0.452 e. The summed E-state index contributed by atoms with van der Waals surface area (Å²) in [5.74, 6) is 0.0720. The van der Waals surface area contributed by atoms with Gasteiger partial charge in [0.05, 0.1) is 34.1 Å². The van der Waals surface area contributed by atoms with Gasteiger partial charge in [-0.05, 0) is 39.1 Å². The van der Waals surface area contributed by atoms with Crippen molar-refractivity contribution < 1.29 is 18.7 Å². The van der Waals surface area contributed by atoms with Gasteiger partial charge in [-0.3, -0.25) is 14.3 Å². The Morgan fingerprint density at radius 2 is 2.11 bits per heavy atom. The number of carbonyl (C=O) groups excluding carboxylic acids is 2. The van der Waals surface area contributed by atoms with Gasteiger partial charge in [-0.25, -0.2) is 4.98 Å². The molecule has 1 amide bonds. The van der Waals surface area contributed by atoms with Crippen LogP contribution in [0.5, 0.6) is 0 Å². The van der Waals surface area contributed by atoms with E-state index >= 15 is 0 Å². The van der Waals surface area contributed by atoms with Crippen LogP contribution in [0.4, 0.5) is 5.69 Å². The highest BCUT2D eigenvalue weighted by atomic mass is 32.1. The molecular weight excluding hydrogens is 380 g/mol. The van der Waals surface area contributed by atoms with Gasteiger partial charge in [-0.2, -0.15) is 5.10 Å². The van der Waals surface area contributed by atoms with Crippen molar-refractivity contribution in [1.82, 2.24) is 14.8 Å². The number of rotatable bonds is 6. The van der Waals surface area contributed by atoms with E-state index in [4.69, 9.17) is 9.15 Å². The van der Waals surface area contributed by atoms with E-state index in [-0.39, 0.29) is 6.42 Å².